The molecule has 0 radical (unpaired) electrons. The van der Waals surface area contributed by atoms with Crippen LogP contribution in [0, 0.1) is 16.0 Å². The zero-order chi connectivity index (χ0) is 16.3. The number of nitrogens with zero attached hydrogens (tertiary/aromatic N) is 3. The van der Waals surface area contributed by atoms with Crippen molar-refractivity contribution in [3.63, 3.8) is 0 Å². The van der Waals surface area contributed by atoms with Crippen LogP contribution in [0.5, 0.6) is 0 Å². The van der Waals surface area contributed by atoms with Gasteiger partial charge in [0.2, 0.25) is 0 Å². The van der Waals surface area contributed by atoms with E-state index in [1.54, 1.807) is 11.8 Å². The molecule has 0 aliphatic carbocycles. The minimum absolute atomic E-state index is 0.130. The van der Waals surface area contributed by atoms with E-state index >= 15 is 0 Å². The molecule has 22 heavy (non-hydrogen) atoms. The summed E-state index contributed by atoms with van der Waals surface area (Å²) in [6.07, 6.45) is 1.10. The minimum atomic E-state index is -0.520. The van der Waals surface area contributed by atoms with Crippen molar-refractivity contribution < 1.29 is 4.92 Å². The normalized spacial score (nSPS) is 18.0. The fraction of sp³-hybridized carbons (Fsp3) is 0.500. The van der Waals surface area contributed by atoms with E-state index in [0.29, 0.717) is 11.6 Å². The second-order valence-corrected chi connectivity index (χ2v) is 7.09. The lowest BCUT2D eigenvalue weighted by Gasteiger charge is -2.21. The predicted molar refractivity (Wildman–Crippen MR) is 93.7 cm³/mol. The Hall–Kier alpha value is -0.980. The summed E-state index contributed by atoms with van der Waals surface area (Å²) in [5.74, 6) is 1.55. The molecule has 0 N–H and O–H groups in total. The van der Waals surface area contributed by atoms with Crippen LogP contribution in [0.1, 0.15) is 20.3 Å². The molecule has 1 saturated heterocycles. The fourth-order valence-corrected chi connectivity index (χ4v) is 3.63. The quantitative estimate of drug-likeness (QED) is 0.547. The molecule has 1 fully saturated rings. The molecule has 1 atom stereocenters. The van der Waals surface area contributed by atoms with E-state index in [9.17, 15) is 10.1 Å². The summed E-state index contributed by atoms with van der Waals surface area (Å²) < 4.78 is 0. The first-order chi connectivity index (χ1) is 10.4. The lowest BCUT2D eigenvalue weighted by Crippen LogP contribution is -2.29. The second-order valence-electron chi connectivity index (χ2n) is 5.22. The molecule has 0 spiro atoms. The van der Waals surface area contributed by atoms with Gasteiger partial charge in [-0.2, -0.15) is 0 Å². The number of non-ortho nitro benzene ring substituents is 1. The number of thioether (sulfide) groups is 1. The Morgan fingerprint density at radius 2 is 2.09 bits per heavy atom. The van der Waals surface area contributed by atoms with Crippen LogP contribution >= 0.6 is 35.0 Å². The summed E-state index contributed by atoms with van der Waals surface area (Å²) in [5.41, 5.74) is 0.266. The van der Waals surface area contributed by atoms with Crippen LogP contribution in [-0.2, 0) is 0 Å². The highest BCUT2D eigenvalue weighted by molar-refractivity contribution is 8.14. The van der Waals surface area contributed by atoms with Gasteiger partial charge in [0.15, 0.2) is 5.17 Å². The van der Waals surface area contributed by atoms with Crippen LogP contribution in [0.2, 0.25) is 10.0 Å². The highest BCUT2D eigenvalue weighted by Gasteiger charge is 2.22. The smallest absolute Gasteiger partial charge is 0.272 e. The van der Waals surface area contributed by atoms with Crippen molar-refractivity contribution in [2.24, 2.45) is 10.9 Å². The Bertz CT molecular complexity index is 587. The van der Waals surface area contributed by atoms with E-state index in [2.05, 4.69) is 23.7 Å². The molecule has 1 aromatic carbocycles. The van der Waals surface area contributed by atoms with Gasteiger partial charge in [0.05, 0.1) is 15.0 Å². The summed E-state index contributed by atoms with van der Waals surface area (Å²) in [6, 6.07) is 2.57. The van der Waals surface area contributed by atoms with Crippen molar-refractivity contribution in [1.82, 2.24) is 4.90 Å². The van der Waals surface area contributed by atoms with Gasteiger partial charge in [-0.05, 0) is 5.92 Å². The summed E-state index contributed by atoms with van der Waals surface area (Å²) >= 11 is 13.9. The lowest BCUT2D eigenvalue weighted by atomic mass is 10.1. The number of hydrogen-bond acceptors (Lipinski definition) is 4. The Morgan fingerprint density at radius 1 is 1.45 bits per heavy atom. The first-order valence-corrected chi connectivity index (χ1v) is 8.76. The number of amidine groups is 1. The third-order valence-corrected chi connectivity index (χ3v) is 5.08. The molecule has 1 unspecified atom stereocenters. The molecule has 0 aromatic heterocycles. The number of rotatable bonds is 5. The van der Waals surface area contributed by atoms with Crippen LogP contribution in [0.15, 0.2) is 17.1 Å². The molecule has 1 aliphatic heterocycles. The largest absolute Gasteiger partial charge is 0.350 e. The summed E-state index contributed by atoms with van der Waals surface area (Å²) in [5, 5.41) is 12.1. The average molecular weight is 362 g/mol. The minimum Gasteiger partial charge on any atom is -0.350 e. The summed E-state index contributed by atoms with van der Waals surface area (Å²) in [7, 11) is 0. The van der Waals surface area contributed by atoms with Gasteiger partial charge < -0.3 is 4.90 Å². The van der Waals surface area contributed by atoms with Crippen molar-refractivity contribution in [2.45, 2.75) is 20.3 Å². The van der Waals surface area contributed by atoms with Gasteiger partial charge in [-0.15, -0.1) is 0 Å². The molecule has 0 amide bonds. The lowest BCUT2D eigenvalue weighted by molar-refractivity contribution is -0.384. The fourth-order valence-electron chi connectivity index (χ4n) is 2.07. The highest BCUT2D eigenvalue weighted by Crippen LogP contribution is 2.38. The predicted octanol–water partition coefficient (Wildman–Crippen LogP) is 4.98. The molecule has 120 valence electrons. The SMILES string of the molecule is CCC(C)CN1CCSC1=Nc1c(Cl)cc([N+](=O)[O-])cc1Cl. The number of aliphatic imine (C=N–C) groups is 1. The molecular weight excluding hydrogens is 345 g/mol. The Morgan fingerprint density at radius 3 is 2.64 bits per heavy atom. The Kier molecular flexibility index (Phi) is 5.94. The molecule has 8 heteroatoms. The van der Waals surface area contributed by atoms with Crippen molar-refractivity contribution >= 4 is 51.5 Å². The Balaban J connectivity index is 2.30. The van der Waals surface area contributed by atoms with Crippen LogP contribution in [-0.4, -0.2) is 33.8 Å². The second kappa shape index (κ2) is 7.53. The van der Waals surface area contributed by atoms with Crippen LogP contribution in [0.4, 0.5) is 11.4 Å². The first-order valence-electron chi connectivity index (χ1n) is 7.02. The van der Waals surface area contributed by atoms with Gasteiger partial charge in [-0.1, -0.05) is 55.2 Å². The Labute approximate surface area is 143 Å². The van der Waals surface area contributed by atoms with E-state index in [-0.39, 0.29) is 15.7 Å². The van der Waals surface area contributed by atoms with Gasteiger partial charge >= 0.3 is 0 Å². The third kappa shape index (κ3) is 4.06. The molecule has 5 nitrogen and oxygen atoms in total. The summed E-state index contributed by atoms with van der Waals surface area (Å²) in [6.45, 7) is 6.24. The monoisotopic (exact) mass is 361 g/mol. The maximum Gasteiger partial charge on any atom is 0.272 e. The standard InChI is InChI=1S/C14H17Cl2N3O2S/c1-3-9(2)8-18-4-5-22-14(18)17-13-11(15)6-10(19(20)21)7-12(13)16/h6-7,9H,3-5,8H2,1-2H3. The first kappa shape index (κ1) is 17.4. The van der Waals surface area contributed by atoms with Gasteiger partial charge in [0.1, 0.15) is 5.69 Å². The van der Waals surface area contributed by atoms with Crippen LogP contribution in [0.25, 0.3) is 0 Å². The van der Waals surface area contributed by atoms with E-state index in [4.69, 9.17) is 23.2 Å². The van der Waals surface area contributed by atoms with E-state index in [0.717, 1.165) is 30.4 Å². The van der Waals surface area contributed by atoms with Crippen LogP contribution < -0.4 is 0 Å². The molecule has 2 rings (SSSR count). The average Bonchev–Trinajstić information content (AvgIpc) is 2.89. The molecule has 0 saturated carbocycles. The maximum absolute atomic E-state index is 10.8. The molecule has 1 aromatic rings. The highest BCUT2D eigenvalue weighted by atomic mass is 35.5. The molecule has 1 heterocycles. The molecule has 1 aliphatic rings. The van der Waals surface area contributed by atoms with Crippen LogP contribution in [0.3, 0.4) is 0 Å². The third-order valence-electron chi connectivity index (χ3n) is 3.51. The van der Waals surface area contributed by atoms with Crippen molar-refractivity contribution in [1.29, 1.82) is 0 Å². The van der Waals surface area contributed by atoms with E-state index < -0.39 is 4.92 Å². The number of nitro groups is 1. The number of nitro benzene ring substituents is 1. The van der Waals surface area contributed by atoms with E-state index in [1.807, 2.05) is 0 Å². The summed E-state index contributed by atoms with van der Waals surface area (Å²) in [4.78, 5) is 17.0. The van der Waals surface area contributed by atoms with Gasteiger partial charge in [0.25, 0.3) is 5.69 Å². The maximum atomic E-state index is 10.8. The zero-order valence-corrected chi connectivity index (χ0v) is 14.7. The van der Waals surface area contributed by atoms with Gasteiger partial charge in [0, 0.05) is 31.0 Å². The van der Waals surface area contributed by atoms with Crippen molar-refractivity contribution in [3.8, 4) is 0 Å². The van der Waals surface area contributed by atoms with Crippen molar-refractivity contribution in [3.05, 3.63) is 32.3 Å². The number of halogens is 2. The topological polar surface area (TPSA) is 58.7 Å². The number of hydrogen-bond donors (Lipinski definition) is 0. The molecular formula is C14H17Cl2N3O2S. The zero-order valence-electron chi connectivity index (χ0n) is 12.4. The molecule has 0 bridgehead atoms. The van der Waals surface area contributed by atoms with E-state index in [1.165, 1.54) is 12.1 Å². The van der Waals surface area contributed by atoms with Gasteiger partial charge in [-0.3, -0.25) is 10.1 Å². The number of benzene rings is 1. The van der Waals surface area contributed by atoms with Crippen molar-refractivity contribution in [2.75, 3.05) is 18.8 Å². The van der Waals surface area contributed by atoms with Gasteiger partial charge in [-0.25, -0.2) is 4.99 Å².